The molecule has 2 aromatic heterocycles. The fourth-order valence-corrected chi connectivity index (χ4v) is 3.93. The minimum atomic E-state index is -0.564. The van der Waals surface area contributed by atoms with Crippen LogP contribution in [0.3, 0.4) is 0 Å². The number of halogens is 2. The highest BCUT2D eigenvalue weighted by atomic mass is 19.1. The number of nitrogens with zero attached hydrogens (tertiary/aromatic N) is 4. The number of rotatable bonds is 4. The molecule has 0 atom stereocenters. The highest BCUT2D eigenvalue weighted by Crippen LogP contribution is 2.27. The van der Waals surface area contributed by atoms with E-state index in [9.17, 15) is 13.6 Å². The van der Waals surface area contributed by atoms with Crippen LogP contribution in [0.4, 0.5) is 20.4 Å². The van der Waals surface area contributed by atoms with Gasteiger partial charge in [0, 0.05) is 37.1 Å². The fourth-order valence-electron chi connectivity index (χ4n) is 3.93. The molecule has 2 N–H and O–H groups in total. The zero-order chi connectivity index (χ0) is 22.1. The lowest BCUT2D eigenvalue weighted by molar-refractivity contribution is -0.120. The van der Waals surface area contributed by atoms with E-state index in [0.717, 1.165) is 18.2 Å². The largest absolute Gasteiger partial charge is 0.341 e. The summed E-state index contributed by atoms with van der Waals surface area (Å²) in [6.07, 6.45) is 4.83. The average Bonchev–Trinajstić information content (AvgIpc) is 3.24. The second-order valence-corrected chi connectivity index (χ2v) is 7.74. The summed E-state index contributed by atoms with van der Waals surface area (Å²) in [6, 6.07) is 10.2. The predicted molar refractivity (Wildman–Crippen MR) is 117 cm³/mol. The molecule has 9 heteroatoms. The Morgan fingerprint density at radius 1 is 1.06 bits per heavy atom. The lowest BCUT2D eigenvalue weighted by Gasteiger charge is -2.31. The summed E-state index contributed by atoms with van der Waals surface area (Å²) in [7, 11) is 0. The van der Waals surface area contributed by atoms with Crippen LogP contribution in [0, 0.1) is 17.6 Å². The number of benzene rings is 2. The van der Waals surface area contributed by atoms with Crippen molar-refractivity contribution >= 4 is 28.6 Å². The van der Waals surface area contributed by atoms with Gasteiger partial charge in [0.25, 0.3) is 0 Å². The van der Waals surface area contributed by atoms with Gasteiger partial charge in [-0.15, -0.1) is 0 Å². The van der Waals surface area contributed by atoms with Crippen molar-refractivity contribution in [3.8, 4) is 11.4 Å². The number of fused-ring (bicyclic) bond motifs is 1. The Bertz CT molecular complexity index is 1270. The number of hydrogen-bond acceptors (Lipinski definition) is 5. The summed E-state index contributed by atoms with van der Waals surface area (Å²) in [4.78, 5) is 30.7. The fraction of sp³-hybridized carbons (Fsp3) is 0.217. The van der Waals surface area contributed by atoms with Gasteiger partial charge in [-0.25, -0.2) is 23.7 Å². The number of nitrogens with one attached hydrogen (secondary N) is 2. The average molecular weight is 434 g/mol. The van der Waals surface area contributed by atoms with Crippen LogP contribution in [0.5, 0.6) is 0 Å². The Morgan fingerprint density at radius 2 is 1.84 bits per heavy atom. The van der Waals surface area contributed by atoms with Crippen molar-refractivity contribution in [1.82, 2.24) is 19.9 Å². The van der Waals surface area contributed by atoms with E-state index in [1.54, 1.807) is 36.7 Å². The lowest BCUT2D eigenvalue weighted by atomic mass is 9.96. The first-order chi connectivity index (χ1) is 15.6. The molecule has 7 nitrogen and oxygen atoms in total. The summed E-state index contributed by atoms with van der Waals surface area (Å²) in [6.45, 7) is 1.43. The van der Waals surface area contributed by atoms with Crippen LogP contribution >= 0.6 is 0 Å². The first kappa shape index (κ1) is 20.0. The monoisotopic (exact) mass is 434 g/mol. The van der Waals surface area contributed by atoms with Gasteiger partial charge in [-0.1, -0.05) is 0 Å². The number of carbonyl (C=O) groups excluding carboxylic acids is 1. The van der Waals surface area contributed by atoms with Gasteiger partial charge in [-0.2, -0.15) is 0 Å². The van der Waals surface area contributed by atoms with Gasteiger partial charge in [0.05, 0.1) is 16.6 Å². The lowest BCUT2D eigenvalue weighted by Crippen LogP contribution is -2.39. The molecule has 2 aromatic carbocycles. The normalized spacial score (nSPS) is 14.6. The summed E-state index contributed by atoms with van der Waals surface area (Å²) in [5, 5.41) is 2.96. The van der Waals surface area contributed by atoms with Gasteiger partial charge in [0.1, 0.15) is 17.5 Å². The van der Waals surface area contributed by atoms with Crippen molar-refractivity contribution in [3.63, 3.8) is 0 Å². The number of aromatic nitrogens is 4. The predicted octanol–water partition coefficient (Wildman–Crippen LogP) is 4.15. The highest BCUT2D eigenvalue weighted by Gasteiger charge is 2.26. The Kier molecular flexibility index (Phi) is 5.22. The smallest absolute Gasteiger partial charge is 0.227 e. The minimum Gasteiger partial charge on any atom is -0.341 e. The van der Waals surface area contributed by atoms with Crippen molar-refractivity contribution in [2.75, 3.05) is 23.3 Å². The third-order valence-corrected chi connectivity index (χ3v) is 5.63. The van der Waals surface area contributed by atoms with Crippen LogP contribution in [-0.2, 0) is 4.79 Å². The Morgan fingerprint density at radius 3 is 2.62 bits per heavy atom. The molecule has 0 radical (unpaired) electrons. The van der Waals surface area contributed by atoms with Gasteiger partial charge >= 0.3 is 0 Å². The molecule has 3 heterocycles. The maximum absolute atomic E-state index is 14.1. The molecule has 5 rings (SSSR count). The number of hydrogen-bond donors (Lipinski definition) is 2. The van der Waals surface area contributed by atoms with Crippen molar-refractivity contribution in [1.29, 1.82) is 0 Å². The molecule has 1 aliphatic heterocycles. The van der Waals surface area contributed by atoms with Gasteiger partial charge in [0.2, 0.25) is 11.9 Å². The molecule has 4 aromatic rings. The number of piperidine rings is 1. The molecule has 0 aliphatic carbocycles. The molecule has 0 bridgehead atoms. The van der Waals surface area contributed by atoms with E-state index >= 15 is 0 Å². The summed E-state index contributed by atoms with van der Waals surface area (Å²) in [5.74, 6) is -0.346. The summed E-state index contributed by atoms with van der Waals surface area (Å²) >= 11 is 0. The van der Waals surface area contributed by atoms with Crippen LogP contribution in [0.2, 0.25) is 0 Å². The number of H-pyrrole nitrogens is 1. The van der Waals surface area contributed by atoms with Crippen molar-refractivity contribution < 1.29 is 13.6 Å². The van der Waals surface area contributed by atoms with E-state index in [-0.39, 0.29) is 23.2 Å². The van der Waals surface area contributed by atoms with E-state index in [4.69, 9.17) is 0 Å². The summed E-state index contributed by atoms with van der Waals surface area (Å²) in [5.41, 5.74) is 1.89. The zero-order valence-electron chi connectivity index (χ0n) is 17.1. The number of carbonyl (C=O) groups is 1. The number of anilines is 2. The SMILES string of the molecule is O=C(Nc1ccc2nc(-c3cc(F)ccc3F)[nH]c2c1)C1CCN(c2ncccn2)CC1. The van der Waals surface area contributed by atoms with Gasteiger partial charge in [-0.3, -0.25) is 4.79 Å². The van der Waals surface area contributed by atoms with E-state index in [1.165, 1.54) is 0 Å². The first-order valence-corrected chi connectivity index (χ1v) is 10.3. The van der Waals surface area contributed by atoms with E-state index in [2.05, 4.69) is 30.2 Å². The Hall–Kier alpha value is -3.88. The highest BCUT2D eigenvalue weighted by molar-refractivity contribution is 5.95. The van der Waals surface area contributed by atoms with Crippen LogP contribution in [0.25, 0.3) is 22.4 Å². The third kappa shape index (κ3) is 4.01. The standard InChI is InChI=1S/C23H20F2N6O/c24-15-2-4-18(25)17(12-15)21-29-19-5-3-16(13-20(19)30-21)28-22(32)14-6-10-31(11-7-14)23-26-8-1-9-27-23/h1-5,8-9,12-14H,6-7,10-11H2,(H,28,32)(H,29,30). The molecule has 162 valence electrons. The molecule has 0 unspecified atom stereocenters. The van der Waals surface area contributed by atoms with Crippen LogP contribution < -0.4 is 10.2 Å². The van der Waals surface area contributed by atoms with Crippen molar-refractivity contribution in [2.24, 2.45) is 5.92 Å². The molecule has 0 spiro atoms. The van der Waals surface area contributed by atoms with Crippen molar-refractivity contribution in [3.05, 3.63) is 66.5 Å². The molecule has 1 aliphatic rings. The molecule has 1 saturated heterocycles. The molecule has 1 fully saturated rings. The molecule has 1 amide bonds. The first-order valence-electron chi connectivity index (χ1n) is 10.3. The van der Waals surface area contributed by atoms with E-state index in [0.29, 0.717) is 48.6 Å². The maximum atomic E-state index is 14.1. The van der Waals surface area contributed by atoms with Crippen LogP contribution in [0.1, 0.15) is 12.8 Å². The minimum absolute atomic E-state index is 0.0473. The van der Waals surface area contributed by atoms with Crippen molar-refractivity contribution in [2.45, 2.75) is 12.8 Å². The van der Waals surface area contributed by atoms with Gasteiger partial charge in [0.15, 0.2) is 0 Å². The van der Waals surface area contributed by atoms with Crippen LogP contribution in [-0.4, -0.2) is 38.9 Å². The number of amides is 1. The molecular formula is C23H20F2N6O. The van der Waals surface area contributed by atoms with Gasteiger partial charge < -0.3 is 15.2 Å². The summed E-state index contributed by atoms with van der Waals surface area (Å²) < 4.78 is 27.6. The number of imidazole rings is 1. The quantitative estimate of drug-likeness (QED) is 0.504. The Labute approximate surface area is 182 Å². The van der Waals surface area contributed by atoms with E-state index < -0.39 is 11.6 Å². The van der Waals surface area contributed by atoms with E-state index in [1.807, 2.05) is 0 Å². The Balaban J connectivity index is 1.27. The molecule has 32 heavy (non-hydrogen) atoms. The maximum Gasteiger partial charge on any atom is 0.227 e. The molecular weight excluding hydrogens is 414 g/mol. The van der Waals surface area contributed by atoms with Gasteiger partial charge in [-0.05, 0) is 55.3 Å². The second-order valence-electron chi connectivity index (χ2n) is 7.74. The third-order valence-electron chi connectivity index (χ3n) is 5.63. The van der Waals surface area contributed by atoms with Crippen LogP contribution in [0.15, 0.2) is 54.9 Å². The topological polar surface area (TPSA) is 86.8 Å². The molecule has 0 saturated carbocycles. The second kappa shape index (κ2) is 8.33. The zero-order valence-corrected chi connectivity index (χ0v) is 17.1. The number of aromatic amines is 1.